The first-order valence-corrected chi connectivity index (χ1v) is 10.9. The van der Waals surface area contributed by atoms with Gasteiger partial charge >= 0.3 is 0 Å². The summed E-state index contributed by atoms with van der Waals surface area (Å²) in [5.74, 6) is -0.869. The molecule has 5 rings (SSSR count). The number of carbonyl (C=O) groups excluding carboxylic acids is 2. The fraction of sp³-hybridized carbons (Fsp3) is 0. The van der Waals surface area contributed by atoms with Gasteiger partial charge in [-0.05, 0) is 23.6 Å². The van der Waals surface area contributed by atoms with Gasteiger partial charge in [-0.1, -0.05) is 60.7 Å². The lowest BCUT2D eigenvalue weighted by molar-refractivity contribution is 0.0979. The van der Waals surface area contributed by atoms with E-state index in [9.17, 15) is 22.6 Å². The van der Waals surface area contributed by atoms with Crippen LogP contribution in [0.1, 0.15) is 31.8 Å². The maximum atomic E-state index is 13.3. The number of hydrogen-bond acceptors (Lipinski definition) is 5. The molecule has 0 spiro atoms. The van der Waals surface area contributed by atoms with Crippen molar-refractivity contribution in [3.63, 3.8) is 0 Å². The van der Waals surface area contributed by atoms with Crippen molar-refractivity contribution in [2.45, 2.75) is 4.90 Å². The van der Waals surface area contributed by atoms with Crippen LogP contribution in [0, 0.1) is 0 Å². The first-order chi connectivity index (χ1) is 14.8. The molecule has 4 aromatic rings. The molecule has 0 heterocycles. The Balaban J connectivity index is 1.77. The largest absolute Gasteiger partial charge is 0.354 e. The number of fused-ring (bicyclic) bond motifs is 3. The Morgan fingerprint density at radius 1 is 0.677 bits per heavy atom. The van der Waals surface area contributed by atoms with E-state index in [2.05, 4.69) is 5.32 Å². The van der Waals surface area contributed by atoms with E-state index >= 15 is 0 Å². The van der Waals surface area contributed by atoms with E-state index in [1.165, 1.54) is 12.1 Å². The molecule has 0 aromatic heterocycles. The molecule has 1 aliphatic carbocycles. The average Bonchev–Trinajstić information content (AvgIpc) is 2.77. The number of anilines is 2. The third-order valence-corrected chi connectivity index (χ3v) is 6.19. The molecule has 4 aromatic carbocycles. The summed E-state index contributed by atoms with van der Waals surface area (Å²) >= 11 is 0. The van der Waals surface area contributed by atoms with Gasteiger partial charge in [-0.25, -0.2) is 0 Å². The van der Waals surface area contributed by atoms with E-state index in [-0.39, 0.29) is 27.9 Å². The Morgan fingerprint density at radius 3 is 2.06 bits per heavy atom. The topological polar surface area (TPSA) is 101 Å². The predicted octanol–water partition coefficient (Wildman–Crippen LogP) is 4.61. The van der Waals surface area contributed by atoms with Gasteiger partial charge in [0.05, 0.1) is 16.1 Å². The summed E-state index contributed by atoms with van der Waals surface area (Å²) in [6.07, 6.45) is 0. The summed E-state index contributed by atoms with van der Waals surface area (Å²) < 4.78 is 33.5. The Kier molecular flexibility index (Phi) is 4.25. The van der Waals surface area contributed by atoms with E-state index < -0.39 is 26.6 Å². The van der Waals surface area contributed by atoms with E-state index in [4.69, 9.17) is 0 Å². The van der Waals surface area contributed by atoms with Crippen molar-refractivity contribution < 1.29 is 22.6 Å². The summed E-state index contributed by atoms with van der Waals surface area (Å²) in [7, 11) is -4.62. The van der Waals surface area contributed by atoms with Gasteiger partial charge in [0, 0.05) is 27.8 Å². The number of rotatable bonds is 3. The molecule has 0 radical (unpaired) electrons. The van der Waals surface area contributed by atoms with Crippen LogP contribution in [0.3, 0.4) is 0 Å². The third-order valence-electron chi connectivity index (χ3n) is 5.36. The highest BCUT2D eigenvalue weighted by Gasteiger charge is 2.33. The maximum Gasteiger partial charge on any atom is 0.294 e. The van der Waals surface area contributed by atoms with Crippen LogP contribution in [0.4, 0.5) is 11.4 Å². The Labute approximate surface area is 177 Å². The zero-order chi connectivity index (χ0) is 21.8. The lowest BCUT2D eigenvalue weighted by Crippen LogP contribution is -2.23. The number of benzene rings is 4. The fourth-order valence-corrected chi connectivity index (χ4v) is 4.46. The minimum atomic E-state index is -4.62. The summed E-state index contributed by atoms with van der Waals surface area (Å²) in [4.78, 5) is 25.9. The fourth-order valence-electron chi connectivity index (χ4n) is 3.93. The van der Waals surface area contributed by atoms with Gasteiger partial charge < -0.3 is 5.32 Å². The molecule has 1 aliphatic rings. The van der Waals surface area contributed by atoms with Crippen molar-refractivity contribution >= 4 is 43.8 Å². The van der Waals surface area contributed by atoms with Gasteiger partial charge in [0.1, 0.15) is 0 Å². The van der Waals surface area contributed by atoms with E-state index in [1.54, 1.807) is 24.3 Å². The molecule has 0 fully saturated rings. The SMILES string of the molecule is O=C1c2ccccc2C(=O)c2c(Nc3cccc4ccccc34)cc(S(=O)(=O)O)cc21. The van der Waals surface area contributed by atoms with Crippen molar-refractivity contribution in [3.05, 3.63) is 101 Å². The monoisotopic (exact) mass is 429 g/mol. The molecule has 2 N–H and O–H groups in total. The number of hydrogen-bond donors (Lipinski definition) is 2. The molecule has 0 saturated carbocycles. The quantitative estimate of drug-likeness (QED) is 0.407. The zero-order valence-electron chi connectivity index (χ0n) is 16.0. The lowest BCUT2D eigenvalue weighted by Gasteiger charge is -2.22. The molecular weight excluding hydrogens is 414 g/mol. The summed E-state index contributed by atoms with van der Waals surface area (Å²) in [5.41, 5.74) is 1.22. The predicted molar refractivity (Wildman–Crippen MR) is 117 cm³/mol. The summed E-state index contributed by atoms with van der Waals surface area (Å²) in [6.45, 7) is 0. The molecule has 152 valence electrons. The molecule has 0 unspecified atom stereocenters. The summed E-state index contributed by atoms with van der Waals surface area (Å²) in [6, 6.07) is 21.7. The van der Waals surface area contributed by atoms with E-state index in [1.807, 2.05) is 36.4 Å². The molecule has 7 heteroatoms. The number of carbonyl (C=O) groups is 2. The molecule has 0 bridgehead atoms. The maximum absolute atomic E-state index is 13.3. The van der Waals surface area contributed by atoms with Crippen LogP contribution < -0.4 is 5.32 Å². The van der Waals surface area contributed by atoms with Crippen LogP contribution in [0.2, 0.25) is 0 Å². The highest BCUT2D eigenvalue weighted by Crippen LogP contribution is 2.37. The van der Waals surface area contributed by atoms with Crippen molar-refractivity contribution in [2.24, 2.45) is 0 Å². The van der Waals surface area contributed by atoms with E-state index in [0.717, 1.165) is 16.8 Å². The minimum absolute atomic E-state index is 0.0680. The van der Waals surface area contributed by atoms with Crippen LogP contribution >= 0.6 is 0 Å². The van der Waals surface area contributed by atoms with Gasteiger partial charge in [0.15, 0.2) is 11.6 Å². The molecular formula is C24H15NO5S. The Bertz CT molecular complexity index is 1520. The van der Waals surface area contributed by atoms with Crippen LogP contribution in [0.25, 0.3) is 10.8 Å². The van der Waals surface area contributed by atoms with Gasteiger partial charge in [0.2, 0.25) is 0 Å². The van der Waals surface area contributed by atoms with Crippen LogP contribution in [-0.2, 0) is 10.1 Å². The smallest absolute Gasteiger partial charge is 0.294 e. The van der Waals surface area contributed by atoms with Crippen molar-refractivity contribution in [1.82, 2.24) is 0 Å². The minimum Gasteiger partial charge on any atom is -0.354 e. The number of nitrogens with one attached hydrogen (secondary N) is 1. The second-order valence-corrected chi connectivity index (χ2v) is 8.65. The first kappa shape index (κ1) is 19.2. The van der Waals surface area contributed by atoms with Crippen LogP contribution in [-0.4, -0.2) is 24.5 Å². The molecule has 0 amide bonds. The van der Waals surface area contributed by atoms with E-state index in [0.29, 0.717) is 5.69 Å². The Hall–Kier alpha value is -3.81. The molecule has 0 aliphatic heterocycles. The van der Waals surface area contributed by atoms with Gasteiger partial charge in [-0.15, -0.1) is 0 Å². The highest BCUT2D eigenvalue weighted by atomic mass is 32.2. The van der Waals surface area contributed by atoms with Crippen LogP contribution in [0.5, 0.6) is 0 Å². The van der Waals surface area contributed by atoms with Gasteiger partial charge in [-0.2, -0.15) is 8.42 Å². The normalized spacial score (nSPS) is 13.1. The molecule has 0 saturated heterocycles. The Morgan fingerprint density at radius 2 is 1.32 bits per heavy atom. The average molecular weight is 429 g/mol. The third kappa shape index (κ3) is 3.11. The van der Waals surface area contributed by atoms with Crippen molar-refractivity contribution in [1.29, 1.82) is 0 Å². The highest BCUT2D eigenvalue weighted by molar-refractivity contribution is 7.85. The molecule has 0 atom stereocenters. The van der Waals surface area contributed by atoms with Gasteiger partial charge in [-0.3, -0.25) is 14.1 Å². The first-order valence-electron chi connectivity index (χ1n) is 9.43. The molecule has 6 nitrogen and oxygen atoms in total. The van der Waals surface area contributed by atoms with Gasteiger partial charge in [0.25, 0.3) is 10.1 Å². The van der Waals surface area contributed by atoms with Crippen molar-refractivity contribution in [2.75, 3.05) is 5.32 Å². The standard InChI is InChI=1S/C24H15NO5S/c26-23-17-9-3-4-10-18(17)24(27)22-19(23)12-15(31(28,29)30)13-21(22)25-20-11-5-7-14-6-1-2-8-16(14)20/h1-13,25H,(H,28,29,30). The lowest BCUT2D eigenvalue weighted by atomic mass is 9.83. The van der Waals surface area contributed by atoms with Crippen LogP contribution in [0.15, 0.2) is 83.8 Å². The number of ketones is 2. The second-order valence-electron chi connectivity index (χ2n) is 7.22. The molecule has 31 heavy (non-hydrogen) atoms. The second kappa shape index (κ2) is 6.87. The zero-order valence-corrected chi connectivity index (χ0v) is 16.8. The van der Waals surface area contributed by atoms with Crippen molar-refractivity contribution in [3.8, 4) is 0 Å². The summed E-state index contributed by atoms with van der Waals surface area (Å²) in [5, 5.41) is 4.92.